The summed E-state index contributed by atoms with van der Waals surface area (Å²) in [5, 5.41) is -0.176. The summed E-state index contributed by atoms with van der Waals surface area (Å²) >= 11 is 5.45. The van der Waals surface area contributed by atoms with Gasteiger partial charge >= 0.3 is 0 Å². The fourth-order valence-corrected chi connectivity index (χ4v) is 2.87. The number of hydrogen-bond donors (Lipinski definition) is 0. The van der Waals surface area contributed by atoms with E-state index in [9.17, 15) is 4.79 Å². The molecule has 0 N–H and O–H groups in total. The van der Waals surface area contributed by atoms with Crippen LogP contribution in [0.4, 0.5) is 0 Å². The molecule has 0 spiro atoms. The fourth-order valence-electron chi connectivity index (χ4n) is 2.76. The molecule has 0 amide bonds. The number of rotatable bonds is 16. The highest BCUT2D eigenvalue weighted by Crippen LogP contribution is 2.15. The van der Waals surface area contributed by atoms with E-state index < -0.39 is 0 Å². The van der Waals surface area contributed by atoms with Gasteiger partial charge in [-0.15, -0.1) is 0 Å². The molecule has 0 bridgehead atoms. The van der Waals surface area contributed by atoms with Gasteiger partial charge in [-0.3, -0.25) is 4.79 Å². The van der Waals surface area contributed by atoms with Gasteiger partial charge in [0.2, 0.25) is 5.24 Å². The van der Waals surface area contributed by atoms with E-state index in [4.69, 9.17) is 11.6 Å². The summed E-state index contributed by atoms with van der Waals surface area (Å²) in [4.78, 5) is 10.9. The number of halogens is 1. The molecule has 0 aliphatic carbocycles. The van der Waals surface area contributed by atoms with Gasteiger partial charge in [-0.1, -0.05) is 104 Å². The van der Waals surface area contributed by atoms with Crippen molar-refractivity contribution < 1.29 is 4.79 Å². The Kier molecular flexibility index (Phi) is 16.3. The van der Waals surface area contributed by atoms with Crippen molar-refractivity contribution in [2.24, 2.45) is 5.92 Å². The minimum absolute atomic E-state index is 0.0454. The van der Waals surface area contributed by atoms with Crippen molar-refractivity contribution in [1.82, 2.24) is 0 Å². The third-order valence-corrected chi connectivity index (χ3v) is 4.75. The van der Waals surface area contributed by atoms with Crippen molar-refractivity contribution in [1.29, 1.82) is 0 Å². The van der Waals surface area contributed by atoms with E-state index in [0.717, 1.165) is 12.8 Å². The monoisotopic (exact) mass is 316 g/mol. The Hall–Kier alpha value is -0.0400. The molecular formula is C19H37ClO. The van der Waals surface area contributed by atoms with Crippen molar-refractivity contribution in [3.05, 3.63) is 0 Å². The van der Waals surface area contributed by atoms with E-state index in [-0.39, 0.29) is 11.2 Å². The van der Waals surface area contributed by atoms with Crippen molar-refractivity contribution >= 4 is 16.8 Å². The maximum absolute atomic E-state index is 10.9. The standard InChI is InChI=1S/C19H37ClO/c1-3-4-5-6-7-8-9-10-11-12-13-14-15-16-17-18(2)19(20)21/h18H,3-17H2,1-2H3/t18-/m1/s1. The minimum atomic E-state index is -0.176. The molecule has 21 heavy (non-hydrogen) atoms. The van der Waals surface area contributed by atoms with Gasteiger partial charge < -0.3 is 0 Å². The van der Waals surface area contributed by atoms with Gasteiger partial charge in [0.25, 0.3) is 0 Å². The summed E-state index contributed by atoms with van der Waals surface area (Å²) < 4.78 is 0. The average molecular weight is 317 g/mol. The van der Waals surface area contributed by atoms with E-state index in [1.165, 1.54) is 83.5 Å². The van der Waals surface area contributed by atoms with Gasteiger partial charge in [0, 0.05) is 5.92 Å². The largest absolute Gasteiger partial charge is 0.281 e. The zero-order valence-corrected chi connectivity index (χ0v) is 15.2. The van der Waals surface area contributed by atoms with Gasteiger partial charge in [0.15, 0.2) is 0 Å². The molecule has 2 heteroatoms. The van der Waals surface area contributed by atoms with Crippen LogP contribution in [0.25, 0.3) is 0 Å². The van der Waals surface area contributed by atoms with Gasteiger partial charge in [-0.25, -0.2) is 0 Å². The Morgan fingerprint density at radius 1 is 0.714 bits per heavy atom. The molecule has 0 aliphatic heterocycles. The first kappa shape index (κ1) is 21.0. The molecule has 0 heterocycles. The lowest BCUT2D eigenvalue weighted by molar-refractivity contribution is -0.114. The number of carbonyl (C=O) groups is 1. The van der Waals surface area contributed by atoms with Gasteiger partial charge in [-0.2, -0.15) is 0 Å². The minimum Gasteiger partial charge on any atom is -0.281 e. The van der Waals surface area contributed by atoms with Crippen LogP contribution in [0.3, 0.4) is 0 Å². The highest BCUT2D eigenvalue weighted by Gasteiger charge is 2.08. The van der Waals surface area contributed by atoms with E-state index in [1.807, 2.05) is 6.92 Å². The molecule has 0 radical (unpaired) electrons. The highest BCUT2D eigenvalue weighted by molar-refractivity contribution is 6.63. The van der Waals surface area contributed by atoms with E-state index in [2.05, 4.69) is 6.92 Å². The van der Waals surface area contributed by atoms with Crippen LogP contribution in [0, 0.1) is 5.92 Å². The first-order valence-electron chi connectivity index (χ1n) is 9.37. The third kappa shape index (κ3) is 16.2. The summed E-state index contributed by atoms with van der Waals surface area (Å²) in [6, 6.07) is 0. The average Bonchev–Trinajstić information content (AvgIpc) is 2.47. The Balaban J connectivity index is 3.04. The molecule has 0 unspecified atom stereocenters. The summed E-state index contributed by atoms with van der Waals surface area (Å²) in [5.41, 5.74) is 0. The van der Waals surface area contributed by atoms with Crippen LogP contribution in [-0.4, -0.2) is 5.24 Å². The normalized spacial score (nSPS) is 12.5. The van der Waals surface area contributed by atoms with E-state index >= 15 is 0 Å². The molecule has 0 aliphatic rings. The Morgan fingerprint density at radius 3 is 1.38 bits per heavy atom. The lowest BCUT2D eigenvalue weighted by Crippen LogP contribution is -2.02. The molecule has 1 atom stereocenters. The quantitative estimate of drug-likeness (QED) is 0.216. The Labute approximate surface area is 138 Å². The van der Waals surface area contributed by atoms with Crippen molar-refractivity contribution in [2.45, 2.75) is 110 Å². The van der Waals surface area contributed by atoms with Crippen molar-refractivity contribution in [3.63, 3.8) is 0 Å². The maximum Gasteiger partial charge on any atom is 0.224 e. The molecule has 0 rings (SSSR count). The molecule has 0 fully saturated rings. The molecule has 126 valence electrons. The number of unbranched alkanes of at least 4 members (excludes halogenated alkanes) is 13. The third-order valence-electron chi connectivity index (χ3n) is 4.38. The van der Waals surface area contributed by atoms with Gasteiger partial charge in [0.1, 0.15) is 0 Å². The number of carbonyl (C=O) groups excluding carboxylic acids is 1. The molecule has 0 aromatic heterocycles. The smallest absolute Gasteiger partial charge is 0.224 e. The van der Waals surface area contributed by atoms with Crippen LogP contribution in [0.5, 0.6) is 0 Å². The Bertz CT molecular complexity index is 228. The van der Waals surface area contributed by atoms with Crippen LogP contribution in [0.1, 0.15) is 110 Å². The molecule has 0 saturated carbocycles. The predicted octanol–water partition coefficient (Wildman–Crippen LogP) is 7.26. The van der Waals surface area contributed by atoms with Crippen molar-refractivity contribution in [2.75, 3.05) is 0 Å². The summed E-state index contributed by atoms with van der Waals surface area (Å²) in [5.74, 6) is 0.0454. The van der Waals surface area contributed by atoms with E-state index in [0.29, 0.717) is 0 Å². The highest BCUT2D eigenvalue weighted by atomic mass is 35.5. The van der Waals surface area contributed by atoms with Gasteiger partial charge in [0.05, 0.1) is 0 Å². The van der Waals surface area contributed by atoms with Crippen LogP contribution >= 0.6 is 11.6 Å². The second-order valence-electron chi connectivity index (χ2n) is 6.59. The lowest BCUT2D eigenvalue weighted by Gasteiger charge is -2.05. The number of hydrogen-bond acceptors (Lipinski definition) is 1. The molecule has 0 aromatic rings. The lowest BCUT2D eigenvalue weighted by atomic mass is 10.0. The maximum atomic E-state index is 10.9. The predicted molar refractivity (Wildman–Crippen MR) is 95.0 cm³/mol. The first-order chi connectivity index (χ1) is 10.2. The van der Waals surface area contributed by atoms with Crippen LogP contribution in [0.2, 0.25) is 0 Å². The SMILES string of the molecule is CCCCCCCCCCCCCCCC[C@@H](C)C(=O)Cl. The summed E-state index contributed by atoms with van der Waals surface area (Å²) in [7, 11) is 0. The summed E-state index contributed by atoms with van der Waals surface area (Å²) in [6.45, 7) is 4.20. The zero-order valence-electron chi connectivity index (χ0n) is 14.5. The first-order valence-corrected chi connectivity index (χ1v) is 9.75. The van der Waals surface area contributed by atoms with Crippen LogP contribution in [-0.2, 0) is 4.79 Å². The molecule has 0 aromatic carbocycles. The molecular weight excluding hydrogens is 280 g/mol. The summed E-state index contributed by atoms with van der Waals surface area (Å²) in [6.07, 6.45) is 20.2. The molecule has 0 saturated heterocycles. The van der Waals surface area contributed by atoms with Crippen molar-refractivity contribution in [3.8, 4) is 0 Å². The van der Waals surface area contributed by atoms with Gasteiger partial charge in [-0.05, 0) is 18.0 Å². The second-order valence-corrected chi connectivity index (χ2v) is 6.96. The Morgan fingerprint density at radius 2 is 1.05 bits per heavy atom. The van der Waals surface area contributed by atoms with Crippen LogP contribution in [0.15, 0.2) is 0 Å². The van der Waals surface area contributed by atoms with Crippen LogP contribution < -0.4 is 0 Å². The van der Waals surface area contributed by atoms with E-state index in [1.54, 1.807) is 0 Å². The topological polar surface area (TPSA) is 17.1 Å². The second kappa shape index (κ2) is 16.3. The zero-order chi connectivity index (χ0) is 15.8. The molecule has 1 nitrogen and oxygen atoms in total. The fraction of sp³-hybridized carbons (Fsp3) is 0.947.